The summed E-state index contributed by atoms with van der Waals surface area (Å²) >= 11 is 6.12. The first-order chi connectivity index (χ1) is 12.2. The first-order valence-electron chi connectivity index (χ1n) is 9.36. The summed E-state index contributed by atoms with van der Waals surface area (Å²) in [5.74, 6) is 0. The lowest BCUT2D eigenvalue weighted by molar-refractivity contribution is 0.182. The first-order valence-corrected chi connectivity index (χ1v) is 9.74. The first kappa shape index (κ1) is 17.0. The Morgan fingerprint density at radius 1 is 1.16 bits per heavy atom. The van der Waals surface area contributed by atoms with Crippen LogP contribution in [-0.4, -0.2) is 47.5 Å². The molecule has 1 saturated heterocycles. The van der Waals surface area contributed by atoms with Crippen molar-refractivity contribution in [1.29, 1.82) is 0 Å². The molecule has 0 aliphatic carbocycles. The fourth-order valence-electron chi connectivity index (χ4n) is 4.42. The number of likely N-dealkylation sites (tertiary alicyclic amines) is 1. The van der Waals surface area contributed by atoms with Gasteiger partial charge in [0.2, 0.25) is 0 Å². The molecule has 1 aromatic carbocycles. The summed E-state index contributed by atoms with van der Waals surface area (Å²) in [7, 11) is 2.27. The number of nitrogens with zero attached hydrogens (tertiary/aromatic N) is 3. The minimum Gasteiger partial charge on any atom is -0.303 e. The lowest BCUT2D eigenvalue weighted by Gasteiger charge is -2.38. The summed E-state index contributed by atoms with van der Waals surface area (Å²) in [5.41, 5.74) is 3.92. The third-order valence-electron chi connectivity index (χ3n) is 5.83. The van der Waals surface area contributed by atoms with Crippen molar-refractivity contribution in [3.05, 3.63) is 64.4 Å². The molecule has 0 saturated carbocycles. The van der Waals surface area contributed by atoms with E-state index in [0.29, 0.717) is 6.04 Å². The number of halogens is 1. The van der Waals surface area contributed by atoms with E-state index in [2.05, 4.69) is 46.1 Å². The maximum absolute atomic E-state index is 6.12. The summed E-state index contributed by atoms with van der Waals surface area (Å²) in [6.45, 7) is 3.46. The molecule has 0 N–H and O–H groups in total. The SMILES string of the molecule is CN1CCCC1CCN1CCc2ncccc2C1c1ccc(Cl)cc1. The predicted octanol–water partition coefficient (Wildman–Crippen LogP) is 4.17. The molecule has 3 nitrogen and oxygen atoms in total. The van der Waals surface area contributed by atoms with Gasteiger partial charge in [-0.05, 0) is 62.2 Å². The highest BCUT2D eigenvalue weighted by Gasteiger charge is 2.30. The minimum absolute atomic E-state index is 0.293. The maximum atomic E-state index is 6.12. The van der Waals surface area contributed by atoms with Crippen molar-refractivity contribution >= 4 is 11.6 Å². The Bertz CT molecular complexity index is 715. The van der Waals surface area contributed by atoms with Crippen LogP contribution in [-0.2, 0) is 6.42 Å². The topological polar surface area (TPSA) is 19.4 Å². The molecule has 3 heterocycles. The number of hydrogen-bond donors (Lipinski definition) is 0. The fraction of sp³-hybridized carbons (Fsp3) is 0.476. The molecule has 4 rings (SSSR count). The summed E-state index contributed by atoms with van der Waals surface area (Å²) in [5, 5.41) is 0.796. The van der Waals surface area contributed by atoms with Gasteiger partial charge in [-0.25, -0.2) is 0 Å². The Morgan fingerprint density at radius 2 is 2.00 bits per heavy atom. The Kier molecular flexibility index (Phi) is 5.07. The van der Waals surface area contributed by atoms with Crippen molar-refractivity contribution in [1.82, 2.24) is 14.8 Å². The van der Waals surface area contributed by atoms with Crippen molar-refractivity contribution in [3.63, 3.8) is 0 Å². The molecular formula is C21H26ClN3. The van der Waals surface area contributed by atoms with Gasteiger partial charge in [-0.1, -0.05) is 29.8 Å². The molecule has 2 atom stereocenters. The molecule has 0 spiro atoms. The third-order valence-corrected chi connectivity index (χ3v) is 6.08. The number of fused-ring (bicyclic) bond motifs is 1. The van der Waals surface area contributed by atoms with Gasteiger partial charge in [0.25, 0.3) is 0 Å². The van der Waals surface area contributed by atoms with Crippen LogP contribution >= 0.6 is 11.6 Å². The van der Waals surface area contributed by atoms with Gasteiger partial charge < -0.3 is 4.90 Å². The van der Waals surface area contributed by atoms with Gasteiger partial charge in [-0.2, -0.15) is 0 Å². The zero-order valence-electron chi connectivity index (χ0n) is 14.9. The Labute approximate surface area is 155 Å². The molecular weight excluding hydrogens is 330 g/mol. The maximum Gasteiger partial charge on any atom is 0.0619 e. The van der Waals surface area contributed by atoms with Gasteiger partial charge in [0.1, 0.15) is 0 Å². The molecule has 2 unspecified atom stereocenters. The predicted molar refractivity (Wildman–Crippen MR) is 103 cm³/mol. The zero-order valence-corrected chi connectivity index (χ0v) is 15.6. The van der Waals surface area contributed by atoms with E-state index in [1.54, 1.807) is 0 Å². The van der Waals surface area contributed by atoms with Gasteiger partial charge in [0.15, 0.2) is 0 Å². The number of rotatable bonds is 4. The normalized spacial score (nSPS) is 24.4. The molecule has 132 valence electrons. The Hall–Kier alpha value is -1.42. The minimum atomic E-state index is 0.293. The number of hydrogen-bond acceptors (Lipinski definition) is 3. The summed E-state index contributed by atoms with van der Waals surface area (Å²) in [4.78, 5) is 9.80. The average molecular weight is 356 g/mol. The Morgan fingerprint density at radius 3 is 2.76 bits per heavy atom. The largest absolute Gasteiger partial charge is 0.303 e. The summed E-state index contributed by atoms with van der Waals surface area (Å²) < 4.78 is 0. The molecule has 0 radical (unpaired) electrons. The van der Waals surface area contributed by atoms with Crippen molar-refractivity contribution < 1.29 is 0 Å². The van der Waals surface area contributed by atoms with Crippen LogP contribution in [0, 0.1) is 0 Å². The highest BCUT2D eigenvalue weighted by molar-refractivity contribution is 6.30. The second-order valence-corrected chi connectivity index (χ2v) is 7.78. The lowest BCUT2D eigenvalue weighted by atomic mass is 9.90. The average Bonchev–Trinajstić information content (AvgIpc) is 3.05. The molecule has 2 aliphatic heterocycles. The van der Waals surface area contributed by atoms with Gasteiger partial charge in [-0.15, -0.1) is 0 Å². The molecule has 25 heavy (non-hydrogen) atoms. The van der Waals surface area contributed by atoms with Crippen LogP contribution in [0.4, 0.5) is 0 Å². The van der Waals surface area contributed by atoms with E-state index in [9.17, 15) is 0 Å². The quantitative estimate of drug-likeness (QED) is 0.820. The van der Waals surface area contributed by atoms with Crippen LogP contribution in [0.15, 0.2) is 42.6 Å². The van der Waals surface area contributed by atoms with Crippen molar-refractivity contribution in [3.8, 4) is 0 Å². The molecule has 1 aromatic heterocycles. The molecule has 4 heteroatoms. The van der Waals surface area contributed by atoms with Crippen LogP contribution in [0.1, 0.15) is 42.1 Å². The number of aromatic nitrogens is 1. The molecule has 0 amide bonds. The second kappa shape index (κ2) is 7.45. The lowest BCUT2D eigenvalue weighted by Crippen LogP contribution is -2.39. The van der Waals surface area contributed by atoms with Crippen molar-refractivity contribution in [2.45, 2.75) is 37.8 Å². The van der Waals surface area contributed by atoms with E-state index in [0.717, 1.165) is 30.6 Å². The monoisotopic (exact) mass is 355 g/mol. The van der Waals surface area contributed by atoms with Gasteiger partial charge in [-0.3, -0.25) is 9.88 Å². The van der Waals surface area contributed by atoms with E-state index >= 15 is 0 Å². The molecule has 1 fully saturated rings. The van der Waals surface area contributed by atoms with Crippen LogP contribution in [0.5, 0.6) is 0 Å². The highest BCUT2D eigenvalue weighted by atomic mass is 35.5. The number of benzene rings is 1. The van der Waals surface area contributed by atoms with Crippen LogP contribution < -0.4 is 0 Å². The van der Waals surface area contributed by atoms with Gasteiger partial charge in [0, 0.05) is 42.5 Å². The zero-order chi connectivity index (χ0) is 17.2. The highest BCUT2D eigenvalue weighted by Crippen LogP contribution is 2.35. The van der Waals surface area contributed by atoms with Crippen LogP contribution in [0.2, 0.25) is 5.02 Å². The number of pyridine rings is 1. The van der Waals surface area contributed by atoms with E-state index in [-0.39, 0.29) is 0 Å². The second-order valence-electron chi connectivity index (χ2n) is 7.34. The van der Waals surface area contributed by atoms with Gasteiger partial charge >= 0.3 is 0 Å². The van der Waals surface area contributed by atoms with Crippen molar-refractivity contribution in [2.24, 2.45) is 0 Å². The molecule has 0 bridgehead atoms. The van der Waals surface area contributed by atoms with Crippen LogP contribution in [0.3, 0.4) is 0 Å². The third kappa shape index (κ3) is 3.59. The summed E-state index contributed by atoms with van der Waals surface area (Å²) in [6, 6.07) is 13.7. The van der Waals surface area contributed by atoms with Crippen LogP contribution in [0.25, 0.3) is 0 Å². The molecule has 2 aliphatic rings. The van der Waals surface area contributed by atoms with E-state index in [1.165, 1.54) is 42.6 Å². The van der Waals surface area contributed by atoms with E-state index < -0.39 is 0 Å². The standard InChI is InChI=1S/C21H26ClN3/c1-24-13-3-4-18(24)10-14-25-15-11-20-19(5-2-12-23-20)21(25)16-6-8-17(22)9-7-16/h2,5-9,12,18,21H,3-4,10-11,13-15H2,1H3. The fourth-order valence-corrected chi connectivity index (χ4v) is 4.54. The molecule has 2 aromatic rings. The van der Waals surface area contributed by atoms with E-state index in [1.807, 2.05) is 18.3 Å². The van der Waals surface area contributed by atoms with E-state index in [4.69, 9.17) is 11.6 Å². The van der Waals surface area contributed by atoms with Gasteiger partial charge in [0.05, 0.1) is 6.04 Å². The van der Waals surface area contributed by atoms with Crippen molar-refractivity contribution in [2.75, 3.05) is 26.7 Å². The smallest absolute Gasteiger partial charge is 0.0619 e. The summed E-state index contributed by atoms with van der Waals surface area (Å²) in [6.07, 6.45) is 6.89. The Balaban J connectivity index is 1.59.